The highest BCUT2D eigenvalue weighted by molar-refractivity contribution is 6.26. The quantitative estimate of drug-likeness (QED) is 0.223. The molecule has 0 fully saturated rings. The smallest absolute Gasteiger partial charge is 0.164 e. The summed E-state index contributed by atoms with van der Waals surface area (Å²) in [6.07, 6.45) is 0. The number of benzene rings is 7. The Kier molecular flexibility index (Phi) is 5.14. The highest BCUT2D eigenvalue weighted by Gasteiger charge is 2.17. The Morgan fingerprint density at radius 2 is 0.825 bits per heavy atom. The highest BCUT2D eigenvalue weighted by Crippen LogP contribution is 2.40. The van der Waals surface area contributed by atoms with E-state index in [-0.39, 0.29) is 0 Å². The van der Waals surface area contributed by atoms with Gasteiger partial charge in [0.1, 0.15) is 0 Å². The van der Waals surface area contributed by atoms with Crippen LogP contribution in [0.3, 0.4) is 0 Å². The molecule has 0 bridgehead atoms. The van der Waals surface area contributed by atoms with Crippen LogP contribution >= 0.6 is 0 Å². The van der Waals surface area contributed by atoms with Crippen LogP contribution in [0.1, 0.15) is 0 Å². The van der Waals surface area contributed by atoms with Gasteiger partial charge in [0.05, 0.1) is 0 Å². The van der Waals surface area contributed by atoms with Gasteiger partial charge < -0.3 is 0 Å². The van der Waals surface area contributed by atoms with Crippen LogP contribution in [0.4, 0.5) is 0 Å². The SMILES string of the molecule is c1ccc(-c2nc(-c3ccccc3)nc(-c3cc4c(ccc5ccc6ccccc6c54)c4ccccc34)n2)cc1. The van der Waals surface area contributed by atoms with Gasteiger partial charge in [-0.05, 0) is 49.2 Å². The first-order chi connectivity index (χ1) is 19.8. The van der Waals surface area contributed by atoms with Crippen LogP contribution in [0.5, 0.6) is 0 Å². The zero-order valence-electron chi connectivity index (χ0n) is 21.6. The molecule has 8 aromatic rings. The maximum absolute atomic E-state index is 5.08. The topological polar surface area (TPSA) is 38.7 Å². The third kappa shape index (κ3) is 3.63. The van der Waals surface area contributed by atoms with Crippen molar-refractivity contribution in [2.24, 2.45) is 0 Å². The molecule has 0 aliphatic heterocycles. The van der Waals surface area contributed by atoms with Crippen molar-refractivity contribution in [3.63, 3.8) is 0 Å². The van der Waals surface area contributed by atoms with Crippen molar-refractivity contribution in [1.82, 2.24) is 15.0 Å². The van der Waals surface area contributed by atoms with E-state index in [1.165, 1.54) is 37.7 Å². The lowest BCUT2D eigenvalue weighted by Gasteiger charge is -2.14. The Bertz CT molecular complexity index is 2150. The van der Waals surface area contributed by atoms with Crippen LogP contribution in [0.15, 0.2) is 140 Å². The summed E-state index contributed by atoms with van der Waals surface area (Å²) in [6.45, 7) is 0. The minimum atomic E-state index is 0.664. The van der Waals surface area contributed by atoms with Crippen molar-refractivity contribution in [2.45, 2.75) is 0 Å². The summed E-state index contributed by atoms with van der Waals surface area (Å²) in [4.78, 5) is 15.1. The molecular weight excluding hydrogens is 486 g/mol. The van der Waals surface area contributed by atoms with Crippen molar-refractivity contribution in [3.8, 4) is 34.2 Å². The van der Waals surface area contributed by atoms with Gasteiger partial charge in [-0.25, -0.2) is 15.0 Å². The van der Waals surface area contributed by atoms with Crippen LogP contribution in [0.2, 0.25) is 0 Å². The number of rotatable bonds is 3. The van der Waals surface area contributed by atoms with Crippen molar-refractivity contribution in [2.75, 3.05) is 0 Å². The summed E-state index contributed by atoms with van der Waals surface area (Å²) in [7, 11) is 0. The van der Waals surface area contributed by atoms with E-state index in [1.54, 1.807) is 0 Å². The van der Waals surface area contributed by atoms with Gasteiger partial charge in [-0.2, -0.15) is 0 Å². The molecule has 7 aromatic carbocycles. The second-order valence-corrected chi connectivity index (χ2v) is 10.1. The van der Waals surface area contributed by atoms with Gasteiger partial charge in [0, 0.05) is 16.7 Å². The summed E-state index contributed by atoms with van der Waals surface area (Å²) in [5.41, 5.74) is 2.93. The number of hydrogen-bond acceptors (Lipinski definition) is 3. The predicted molar refractivity (Wildman–Crippen MR) is 166 cm³/mol. The number of fused-ring (bicyclic) bond motifs is 7. The summed E-state index contributed by atoms with van der Waals surface area (Å²) < 4.78 is 0. The van der Waals surface area contributed by atoms with Gasteiger partial charge in [-0.1, -0.05) is 133 Å². The first-order valence-electron chi connectivity index (χ1n) is 13.5. The van der Waals surface area contributed by atoms with Gasteiger partial charge in [0.25, 0.3) is 0 Å². The molecule has 1 heterocycles. The second-order valence-electron chi connectivity index (χ2n) is 10.1. The van der Waals surface area contributed by atoms with E-state index in [2.05, 4.69) is 78.9 Å². The fourth-order valence-electron chi connectivity index (χ4n) is 5.80. The first-order valence-corrected chi connectivity index (χ1v) is 13.5. The summed E-state index contributed by atoms with van der Waals surface area (Å²) in [5.74, 6) is 2.00. The molecule has 186 valence electrons. The molecule has 0 saturated heterocycles. The van der Waals surface area contributed by atoms with Gasteiger partial charge in [0.2, 0.25) is 0 Å². The van der Waals surface area contributed by atoms with E-state index in [1.807, 2.05) is 60.7 Å². The molecule has 3 heteroatoms. The maximum Gasteiger partial charge on any atom is 0.164 e. The minimum Gasteiger partial charge on any atom is -0.208 e. The normalized spacial score (nSPS) is 11.5. The minimum absolute atomic E-state index is 0.664. The first kappa shape index (κ1) is 22.6. The standard InChI is InChI=1S/C37H23N3/c1-3-12-26(13-4-1)35-38-36(27-14-5-2-6-15-27)40-37(39-35)33-23-32-31(29-17-9-10-18-30(29)33)22-21-25-20-19-24-11-7-8-16-28(24)34(25)32/h1-23H. The molecule has 1 aromatic heterocycles. The van der Waals surface area contributed by atoms with Crippen molar-refractivity contribution in [3.05, 3.63) is 140 Å². The third-order valence-corrected chi connectivity index (χ3v) is 7.69. The van der Waals surface area contributed by atoms with Crippen LogP contribution in [-0.4, -0.2) is 15.0 Å². The molecule has 0 aliphatic carbocycles. The third-order valence-electron chi connectivity index (χ3n) is 7.69. The van der Waals surface area contributed by atoms with Crippen LogP contribution in [0, 0.1) is 0 Å². The van der Waals surface area contributed by atoms with Gasteiger partial charge in [-0.3, -0.25) is 0 Å². The van der Waals surface area contributed by atoms with Gasteiger partial charge in [-0.15, -0.1) is 0 Å². The maximum atomic E-state index is 5.08. The Balaban J connectivity index is 1.50. The van der Waals surface area contributed by atoms with E-state index in [9.17, 15) is 0 Å². The van der Waals surface area contributed by atoms with E-state index in [4.69, 9.17) is 15.0 Å². The summed E-state index contributed by atoms with van der Waals surface area (Å²) in [6, 6.07) is 48.7. The molecule has 40 heavy (non-hydrogen) atoms. The average molecular weight is 510 g/mol. The number of nitrogens with zero attached hydrogens (tertiary/aromatic N) is 3. The van der Waals surface area contributed by atoms with Gasteiger partial charge >= 0.3 is 0 Å². The van der Waals surface area contributed by atoms with Crippen molar-refractivity contribution in [1.29, 1.82) is 0 Å². The van der Waals surface area contributed by atoms with Crippen LogP contribution in [-0.2, 0) is 0 Å². The Hall–Kier alpha value is -5.41. The molecule has 0 amide bonds. The Morgan fingerprint density at radius 3 is 1.52 bits per heavy atom. The molecule has 8 rings (SSSR count). The lowest BCUT2D eigenvalue weighted by atomic mass is 9.91. The van der Waals surface area contributed by atoms with E-state index in [0.29, 0.717) is 17.5 Å². The second kappa shape index (κ2) is 9.11. The van der Waals surface area contributed by atoms with Crippen LogP contribution < -0.4 is 0 Å². The molecule has 0 N–H and O–H groups in total. The molecule has 0 spiro atoms. The lowest BCUT2D eigenvalue weighted by Crippen LogP contribution is -2.00. The molecule has 0 saturated carbocycles. The summed E-state index contributed by atoms with van der Waals surface area (Å²) in [5, 5.41) is 9.69. The largest absolute Gasteiger partial charge is 0.208 e. The van der Waals surface area contributed by atoms with Crippen LogP contribution in [0.25, 0.3) is 77.3 Å². The molecule has 0 aliphatic rings. The number of aromatic nitrogens is 3. The molecule has 3 nitrogen and oxygen atoms in total. The van der Waals surface area contributed by atoms with Gasteiger partial charge in [0.15, 0.2) is 17.5 Å². The fourth-order valence-corrected chi connectivity index (χ4v) is 5.80. The van der Waals surface area contributed by atoms with E-state index < -0.39 is 0 Å². The summed E-state index contributed by atoms with van der Waals surface area (Å²) >= 11 is 0. The van der Waals surface area contributed by atoms with Crippen molar-refractivity contribution < 1.29 is 0 Å². The van der Waals surface area contributed by atoms with Crippen molar-refractivity contribution >= 4 is 43.1 Å². The molecule has 0 radical (unpaired) electrons. The van der Waals surface area contributed by atoms with E-state index >= 15 is 0 Å². The molecular formula is C37H23N3. The highest BCUT2D eigenvalue weighted by atomic mass is 15.0. The fraction of sp³-hybridized carbons (Fsp3) is 0. The molecule has 0 unspecified atom stereocenters. The predicted octanol–water partition coefficient (Wildman–Crippen LogP) is 9.49. The lowest BCUT2D eigenvalue weighted by molar-refractivity contribution is 1.08. The zero-order valence-corrected chi connectivity index (χ0v) is 21.6. The monoisotopic (exact) mass is 509 g/mol. The number of hydrogen-bond donors (Lipinski definition) is 0. The Morgan fingerprint density at radius 1 is 0.325 bits per heavy atom. The van der Waals surface area contributed by atoms with E-state index in [0.717, 1.165) is 22.1 Å². The molecule has 0 atom stereocenters. The average Bonchev–Trinajstić information content (AvgIpc) is 3.04. The Labute approximate surface area is 231 Å². The zero-order chi connectivity index (χ0) is 26.5.